The summed E-state index contributed by atoms with van der Waals surface area (Å²) >= 11 is 1.27. The van der Waals surface area contributed by atoms with Crippen LogP contribution < -0.4 is 10.9 Å². The Kier molecular flexibility index (Phi) is 6.66. The fraction of sp³-hybridized carbons (Fsp3) is 0.227. The van der Waals surface area contributed by atoms with Gasteiger partial charge in [0.15, 0.2) is 5.16 Å². The first-order chi connectivity index (χ1) is 13.6. The van der Waals surface area contributed by atoms with Gasteiger partial charge in [-0.1, -0.05) is 68.1 Å². The minimum atomic E-state index is -0.361. The van der Waals surface area contributed by atoms with Crippen LogP contribution in [0.15, 0.2) is 70.6 Å². The van der Waals surface area contributed by atoms with Gasteiger partial charge in [0.25, 0.3) is 5.56 Å². The van der Waals surface area contributed by atoms with Crippen molar-refractivity contribution in [2.45, 2.75) is 37.1 Å². The SMILES string of the molecule is CCc1ccc(NC(=O)C(CC)Sc2nc(-c3ccccc3)cc(=O)[nH]2)cc1. The van der Waals surface area contributed by atoms with Gasteiger partial charge >= 0.3 is 0 Å². The quantitative estimate of drug-likeness (QED) is 0.457. The van der Waals surface area contributed by atoms with Gasteiger partial charge < -0.3 is 10.3 Å². The maximum Gasteiger partial charge on any atom is 0.252 e. The zero-order chi connectivity index (χ0) is 19.9. The molecule has 2 N–H and O–H groups in total. The number of H-pyrrole nitrogens is 1. The average Bonchev–Trinajstić information content (AvgIpc) is 2.72. The number of rotatable bonds is 7. The summed E-state index contributed by atoms with van der Waals surface area (Å²) in [7, 11) is 0. The predicted molar refractivity (Wildman–Crippen MR) is 115 cm³/mol. The van der Waals surface area contributed by atoms with Crippen molar-refractivity contribution >= 4 is 23.4 Å². The molecule has 1 unspecified atom stereocenters. The first-order valence-electron chi connectivity index (χ1n) is 9.32. The maximum atomic E-state index is 12.7. The van der Waals surface area contributed by atoms with E-state index in [4.69, 9.17) is 0 Å². The highest BCUT2D eigenvalue weighted by molar-refractivity contribution is 8.00. The third-order valence-corrected chi connectivity index (χ3v) is 5.58. The van der Waals surface area contributed by atoms with E-state index in [-0.39, 0.29) is 16.7 Å². The van der Waals surface area contributed by atoms with Crippen LogP contribution >= 0.6 is 11.8 Å². The molecule has 2 aromatic carbocycles. The van der Waals surface area contributed by atoms with Crippen molar-refractivity contribution in [1.29, 1.82) is 0 Å². The molecule has 1 heterocycles. The van der Waals surface area contributed by atoms with Gasteiger partial charge in [0, 0.05) is 17.3 Å². The number of hydrogen-bond donors (Lipinski definition) is 2. The van der Waals surface area contributed by atoms with Crippen LogP contribution in [0.25, 0.3) is 11.3 Å². The van der Waals surface area contributed by atoms with E-state index in [0.29, 0.717) is 17.3 Å². The second-order valence-electron chi connectivity index (χ2n) is 6.36. The van der Waals surface area contributed by atoms with Crippen LogP contribution in [0, 0.1) is 0 Å². The lowest BCUT2D eigenvalue weighted by Gasteiger charge is -2.14. The van der Waals surface area contributed by atoms with Crippen LogP contribution in [0.3, 0.4) is 0 Å². The first kappa shape index (κ1) is 19.9. The lowest BCUT2D eigenvalue weighted by Crippen LogP contribution is -2.25. The van der Waals surface area contributed by atoms with Gasteiger partial charge in [-0.2, -0.15) is 0 Å². The highest BCUT2D eigenvalue weighted by Crippen LogP contribution is 2.25. The fourth-order valence-electron chi connectivity index (χ4n) is 2.75. The molecular weight excluding hydrogens is 370 g/mol. The van der Waals surface area contributed by atoms with Gasteiger partial charge in [0.2, 0.25) is 5.91 Å². The van der Waals surface area contributed by atoms with E-state index in [2.05, 4.69) is 22.2 Å². The summed E-state index contributed by atoms with van der Waals surface area (Å²) in [6.07, 6.45) is 1.57. The van der Waals surface area contributed by atoms with Crippen molar-refractivity contribution < 1.29 is 4.79 Å². The molecule has 0 radical (unpaired) electrons. The number of thioether (sulfide) groups is 1. The van der Waals surface area contributed by atoms with E-state index in [1.165, 1.54) is 23.4 Å². The number of nitrogens with zero attached hydrogens (tertiary/aromatic N) is 1. The number of aromatic nitrogens is 2. The number of nitrogens with one attached hydrogen (secondary N) is 2. The molecule has 1 aromatic heterocycles. The molecular formula is C22H23N3O2S. The van der Waals surface area contributed by atoms with Crippen molar-refractivity contribution in [2.75, 3.05) is 5.32 Å². The molecule has 1 atom stereocenters. The number of aryl methyl sites for hydroxylation is 1. The Morgan fingerprint density at radius 3 is 2.46 bits per heavy atom. The lowest BCUT2D eigenvalue weighted by atomic mass is 10.1. The van der Waals surface area contributed by atoms with Gasteiger partial charge in [0.1, 0.15) is 0 Å². The second kappa shape index (κ2) is 9.37. The summed E-state index contributed by atoms with van der Waals surface area (Å²) in [6.45, 7) is 4.03. The monoisotopic (exact) mass is 393 g/mol. The van der Waals surface area contributed by atoms with Crippen LogP contribution in [0.4, 0.5) is 5.69 Å². The van der Waals surface area contributed by atoms with E-state index in [9.17, 15) is 9.59 Å². The van der Waals surface area contributed by atoms with Gasteiger partial charge in [-0.3, -0.25) is 9.59 Å². The normalized spacial score (nSPS) is 11.8. The molecule has 0 aliphatic carbocycles. The average molecular weight is 394 g/mol. The minimum absolute atomic E-state index is 0.107. The Bertz CT molecular complexity index is 985. The summed E-state index contributed by atoms with van der Waals surface area (Å²) in [5, 5.41) is 3.02. The van der Waals surface area contributed by atoms with E-state index in [0.717, 1.165) is 17.7 Å². The number of anilines is 1. The molecule has 0 fully saturated rings. The topological polar surface area (TPSA) is 74.8 Å². The maximum absolute atomic E-state index is 12.7. The van der Waals surface area contributed by atoms with Gasteiger partial charge in [-0.05, 0) is 30.5 Å². The number of carbonyl (C=O) groups excluding carboxylic acids is 1. The molecule has 0 saturated carbocycles. The fourth-order valence-corrected chi connectivity index (χ4v) is 3.66. The second-order valence-corrected chi connectivity index (χ2v) is 7.55. The highest BCUT2D eigenvalue weighted by atomic mass is 32.2. The Labute approximate surface area is 168 Å². The standard InChI is InChI=1S/C22H23N3O2S/c1-3-15-10-12-17(13-11-15)23-21(27)19(4-2)28-22-24-18(14-20(26)25-22)16-8-6-5-7-9-16/h5-14,19H,3-4H2,1-2H3,(H,23,27)(H,24,25,26). The number of carbonyl (C=O) groups is 1. The van der Waals surface area contributed by atoms with Gasteiger partial charge in [-0.25, -0.2) is 4.98 Å². The number of amides is 1. The zero-order valence-electron chi connectivity index (χ0n) is 15.9. The van der Waals surface area contributed by atoms with Gasteiger partial charge in [0.05, 0.1) is 10.9 Å². The summed E-state index contributed by atoms with van der Waals surface area (Å²) in [4.78, 5) is 32.0. The van der Waals surface area contributed by atoms with E-state index in [1.54, 1.807) is 0 Å². The first-order valence-corrected chi connectivity index (χ1v) is 10.2. The summed E-state index contributed by atoms with van der Waals surface area (Å²) in [6, 6.07) is 18.8. The van der Waals surface area contributed by atoms with Crippen molar-refractivity contribution in [3.05, 3.63) is 76.6 Å². The summed E-state index contributed by atoms with van der Waals surface area (Å²) < 4.78 is 0. The Morgan fingerprint density at radius 2 is 1.82 bits per heavy atom. The Hall–Kier alpha value is -2.86. The highest BCUT2D eigenvalue weighted by Gasteiger charge is 2.20. The van der Waals surface area contributed by atoms with E-state index in [1.807, 2.05) is 61.5 Å². The van der Waals surface area contributed by atoms with Crippen molar-refractivity contribution in [3.63, 3.8) is 0 Å². The third kappa shape index (κ3) is 5.10. The third-order valence-electron chi connectivity index (χ3n) is 4.34. The van der Waals surface area contributed by atoms with Crippen LogP contribution in [0.2, 0.25) is 0 Å². The molecule has 0 aliphatic heterocycles. The van der Waals surface area contributed by atoms with Crippen molar-refractivity contribution in [1.82, 2.24) is 9.97 Å². The number of aromatic amines is 1. The number of hydrogen-bond acceptors (Lipinski definition) is 4. The van der Waals surface area contributed by atoms with Crippen LogP contribution in [0.5, 0.6) is 0 Å². The molecule has 3 rings (SSSR count). The Balaban J connectivity index is 1.75. The summed E-state index contributed by atoms with van der Waals surface area (Å²) in [5.74, 6) is -0.107. The Morgan fingerprint density at radius 1 is 1.11 bits per heavy atom. The van der Waals surface area contributed by atoms with Crippen molar-refractivity contribution in [2.24, 2.45) is 0 Å². The molecule has 0 bridgehead atoms. The molecule has 0 saturated heterocycles. The summed E-state index contributed by atoms with van der Waals surface area (Å²) in [5.41, 5.74) is 3.21. The lowest BCUT2D eigenvalue weighted by molar-refractivity contribution is -0.115. The largest absolute Gasteiger partial charge is 0.325 e. The van der Waals surface area contributed by atoms with Crippen LogP contribution in [-0.4, -0.2) is 21.1 Å². The molecule has 0 aliphatic rings. The van der Waals surface area contributed by atoms with Crippen molar-refractivity contribution in [3.8, 4) is 11.3 Å². The van der Waals surface area contributed by atoms with Crippen LogP contribution in [-0.2, 0) is 11.2 Å². The van der Waals surface area contributed by atoms with Gasteiger partial charge in [-0.15, -0.1) is 0 Å². The molecule has 1 amide bonds. The zero-order valence-corrected chi connectivity index (χ0v) is 16.8. The molecule has 144 valence electrons. The van der Waals surface area contributed by atoms with E-state index >= 15 is 0 Å². The molecule has 5 nitrogen and oxygen atoms in total. The predicted octanol–water partition coefficient (Wildman–Crippen LogP) is 4.51. The van der Waals surface area contributed by atoms with Crippen LogP contribution in [0.1, 0.15) is 25.8 Å². The number of benzene rings is 2. The molecule has 0 spiro atoms. The molecule has 3 aromatic rings. The molecule has 6 heteroatoms. The minimum Gasteiger partial charge on any atom is -0.325 e. The smallest absolute Gasteiger partial charge is 0.252 e. The molecule has 28 heavy (non-hydrogen) atoms. The van der Waals surface area contributed by atoms with E-state index < -0.39 is 0 Å².